The minimum atomic E-state index is -0.0999. The van der Waals surface area contributed by atoms with Gasteiger partial charge in [0.2, 0.25) is 11.8 Å². The zero-order valence-corrected chi connectivity index (χ0v) is 11.8. The summed E-state index contributed by atoms with van der Waals surface area (Å²) in [4.78, 5) is 25.3. The van der Waals surface area contributed by atoms with Crippen LogP contribution < -0.4 is 5.32 Å². The molecule has 19 heavy (non-hydrogen) atoms. The van der Waals surface area contributed by atoms with Crippen LogP contribution in [0.5, 0.6) is 0 Å². The predicted molar refractivity (Wildman–Crippen MR) is 70.7 cm³/mol. The lowest BCUT2D eigenvalue weighted by Gasteiger charge is -2.29. The van der Waals surface area contributed by atoms with Gasteiger partial charge in [-0.2, -0.15) is 0 Å². The van der Waals surface area contributed by atoms with Crippen LogP contribution in [0.25, 0.3) is 0 Å². The summed E-state index contributed by atoms with van der Waals surface area (Å²) in [6, 6.07) is 0. The second-order valence-corrected chi connectivity index (χ2v) is 4.70. The standard InChI is InChI=1S/C13H24N2O4/c1-18-8-3-6-15(7-9-19-2)13(17)11-4-5-12(16)14-10-11/h11H,3-10H2,1-2H3,(H,14,16). The SMILES string of the molecule is COCCCN(CCOC)C(=O)C1CCC(=O)NC1. The molecule has 1 rings (SSSR count). The van der Waals surface area contributed by atoms with Gasteiger partial charge in [-0.05, 0) is 12.8 Å². The van der Waals surface area contributed by atoms with Gasteiger partial charge in [0, 0.05) is 46.9 Å². The first-order chi connectivity index (χ1) is 9.19. The first kappa shape index (κ1) is 15.9. The van der Waals surface area contributed by atoms with Crippen molar-refractivity contribution in [2.75, 3.05) is 47.1 Å². The average molecular weight is 272 g/mol. The molecular formula is C13H24N2O4. The molecule has 1 unspecified atom stereocenters. The van der Waals surface area contributed by atoms with Gasteiger partial charge in [0.1, 0.15) is 0 Å². The van der Waals surface area contributed by atoms with E-state index in [0.717, 1.165) is 6.42 Å². The van der Waals surface area contributed by atoms with Crippen molar-refractivity contribution in [2.45, 2.75) is 19.3 Å². The fraction of sp³-hybridized carbons (Fsp3) is 0.846. The molecule has 0 spiro atoms. The summed E-state index contributed by atoms with van der Waals surface area (Å²) in [5, 5.41) is 2.75. The summed E-state index contributed by atoms with van der Waals surface area (Å²) in [5.41, 5.74) is 0. The number of carbonyl (C=O) groups is 2. The van der Waals surface area contributed by atoms with Crippen molar-refractivity contribution in [3.05, 3.63) is 0 Å². The second kappa shape index (κ2) is 8.87. The highest BCUT2D eigenvalue weighted by atomic mass is 16.5. The Morgan fingerprint density at radius 1 is 1.32 bits per heavy atom. The summed E-state index contributed by atoms with van der Waals surface area (Å²) in [5.74, 6) is 0.0390. The highest BCUT2D eigenvalue weighted by molar-refractivity contribution is 5.83. The molecule has 6 heteroatoms. The molecule has 0 radical (unpaired) electrons. The summed E-state index contributed by atoms with van der Waals surface area (Å²) >= 11 is 0. The number of nitrogens with zero attached hydrogens (tertiary/aromatic N) is 1. The van der Waals surface area contributed by atoms with E-state index in [2.05, 4.69) is 5.32 Å². The molecule has 1 atom stereocenters. The summed E-state index contributed by atoms with van der Waals surface area (Å²) in [7, 11) is 3.27. The Labute approximate surface area is 114 Å². The summed E-state index contributed by atoms with van der Waals surface area (Å²) in [6.07, 6.45) is 1.88. The molecule has 6 nitrogen and oxygen atoms in total. The van der Waals surface area contributed by atoms with Crippen LogP contribution in [0.1, 0.15) is 19.3 Å². The molecule has 110 valence electrons. The van der Waals surface area contributed by atoms with Crippen LogP contribution in [0.15, 0.2) is 0 Å². The molecule has 2 amide bonds. The highest BCUT2D eigenvalue weighted by Gasteiger charge is 2.27. The summed E-state index contributed by atoms with van der Waals surface area (Å²) in [6.45, 7) is 2.87. The van der Waals surface area contributed by atoms with E-state index >= 15 is 0 Å². The Morgan fingerprint density at radius 2 is 2.05 bits per heavy atom. The van der Waals surface area contributed by atoms with Crippen LogP contribution in [-0.2, 0) is 19.1 Å². The molecule has 0 aromatic heterocycles. The van der Waals surface area contributed by atoms with E-state index in [1.165, 1.54) is 0 Å². The fourth-order valence-electron chi connectivity index (χ4n) is 2.14. The number of hydrogen-bond donors (Lipinski definition) is 1. The summed E-state index contributed by atoms with van der Waals surface area (Å²) < 4.78 is 10.0. The number of amides is 2. The largest absolute Gasteiger partial charge is 0.385 e. The Hall–Kier alpha value is -1.14. The molecule has 0 bridgehead atoms. The molecule has 1 N–H and O–H groups in total. The highest BCUT2D eigenvalue weighted by Crippen LogP contribution is 2.14. The van der Waals surface area contributed by atoms with Crippen LogP contribution in [0.4, 0.5) is 0 Å². The molecular weight excluding hydrogens is 248 g/mol. The van der Waals surface area contributed by atoms with E-state index in [9.17, 15) is 9.59 Å². The van der Waals surface area contributed by atoms with Crippen LogP contribution in [0.3, 0.4) is 0 Å². The lowest BCUT2D eigenvalue weighted by atomic mass is 9.97. The number of carbonyl (C=O) groups excluding carboxylic acids is 2. The van der Waals surface area contributed by atoms with Crippen molar-refractivity contribution in [2.24, 2.45) is 5.92 Å². The molecule has 1 heterocycles. The van der Waals surface area contributed by atoms with E-state index in [4.69, 9.17) is 9.47 Å². The maximum absolute atomic E-state index is 12.4. The van der Waals surface area contributed by atoms with Gasteiger partial charge in [-0.1, -0.05) is 0 Å². The Kier molecular flexibility index (Phi) is 7.43. The van der Waals surface area contributed by atoms with Gasteiger partial charge in [0.25, 0.3) is 0 Å². The second-order valence-electron chi connectivity index (χ2n) is 4.70. The lowest BCUT2D eigenvalue weighted by Crippen LogP contribution is -2.46. The molecule has 1 saturated heterocycles. The van der Waals surface area contributed by atoms with Crippen molar-refractivity contribution in [1.82, 2.24) is 10.2 Å². The first-order valence-electron chi connectivity index (χ1n) is 6.72. The maximum atomic E-state index is 12.4. The monoisotopic (exact) mass is 272 g/mol. The number of methoxy groups -OCH3 is 2. The van der Waals surface area contributed by atoms with Crippen molar-refractivity contribution in [3.63, 3.8) is 0 Å². The topological polar surface area (TPSA) is 67.9 Å². The van der Waals surface area contributed by atoms with Crippen LogP contribution in [0.2, 0.25) is 0 Å². The van der Waals surface area contributed by atoms with Crippen molar-refractivity contribution in [1.29, 1.82) is 0 Å². The van der Waals surface area contributed by atoms with Gasteiger partial charge < -0.3 is 19.7 Å². The Balaban J connectivity index is 2.46. The van der Waals surface area contributed by atoms with Crippen molar-refractivity contribution < 1.29 is 19.1 Å². The molecule has 0 aliphatic carbocycles. The minimum absolute atomic E-state index is 0.0341. The van der Waals surface area contributed by atoms with E-state index in [1.54, 1.807) is 14.2 Å². The van der Waals surface area contributed by atoms with E-state index in [0.29, 0.717) is 45.7 Å². The fourth-order valence-corrected chi connectivity index (χ4v) is 2.14. The normalized spacial score (nSPS) is 19.1. The molecule has 1 fully saturated rings. The van der Waals surface area contributed by atoms with Crippen molar-refractivity contribution >= 4 is 11.8 Å². The molecule has 0 aromatic rings. The van der Waals surface area contributed by atoms with E-state index in [1.807, 2.05) is 4.90 Å². The number of piperidine rings is 1. The average Bonchev–Trinajstić information content (AvgIpc) is 2.43. The maximum Gasteiger partial charge on any atom is 0.227 e. The molecule has 1 aliphatic rings. The Morgan fingerprint density at radius 3 is 2.63 bits per heavy atom. The first-order valence-corrected chi connectivity index (χ1v) is 6.72. The predicted octanol–water partition coefficient (Wildman–Crippen LogP) is 0.0241. The zero-order chi connectivity index (χ0) is 14.1. The van der Waals surface area contributed by atoms with Gasteiger partial charge in [-0.15, -0.1) is 0 Å². The molecule has 0 aromatic carbocycles. The number of rotatable bonds is 8. The number of ether oxygens (including phenoxy) is 2. The van der Waals surface area contributed by atoms with Crippen LogP contribution in [-0.4, -0.2) is 63.8 Å². The van der Waals surface area contributed by atoms with Gasteiger partial charge in [0.15, 0.2) is 0 Å². The van der Waals surface area contributed by atoms with Gasteiger partial charge in [-0.25, -0.2) is 0 Å². The number of hydrogen-bond acceptors (Lipinski definition) is 4. The molecule has 1 aliphatic heterocycles. The van der Waals surface area contributed by atoms with Crippen LogP contribution in [0, 0.1) is 5.92 Å². The minimum Gasteiger partial charge on any atom is -0.385 e. The van der Waals surface area contributed by atoms with Gasteiger partial charge >= 0.3 is 0 Å². The smallest absolute Gasteiger partial charge is 0.227 e. The quantitative estimate of drug-likeness (QED) is 0.633. The van der Waals surface area contributed by atoms with Gasteiger partial charge in [-0.3, -0.25) is 9.59 Å². The zero-order valence-electron chi connectivity index (χ0n) is 11.8. The van der Waals surface area contributed by atoms with E-state index < -0.39 is 0 Å². The van der Waals surface area contributed by atoms with Crippen LogP contribution >= 0.6 is 0 Å². The molecule has 0 saturated carbocycles. The lowest BCUT2D eigenvalue weighted by molar-refractivity contribution is -0.138. The third-order valence-electron chi connectivity index (χ3n) is 3.27. The number of nitrogens with one attached hydrogen (secondary N) is 1. The van der Waals surface area contributed by atoms with Crippen molar-refractivity contribution in [3.8, 4) is 0 Å². The van der Waals surface area contributed by atoms with Gasteiger partial charge in [0.05, 0.1) is 12.5 Å². The third-order valence-corrected chi connectivity index (χ3v) is 3.27. The third kappa shape index (κ3) is 5.57. The Bertz CT molecular complexity index is 286. The van der Waals surface area contributed by atoms with E-state index in [-0.39, 0.29) is 17.7 Å².